The van der Waals surface area contributed by atoms with Crippen molar-refractivity contribution in [3.63, 3.8) is 0 Å². The van der Waals surface area contributed by atoms with Crippen LogP contribution in [0, 0.1) is 0 Å². The van der Waals surface area contributed by atoms with Gasteiger partial charge in [-0.2, -0.15) is 0 Å². The standard InChI is InChI=1S/C15H20O5S.Na/c16-14(15(17)21(18,19)20)12-8-3-1-2-5-9-13-10-6-4-7-11-13;/h4,6-7,10-11H,1-3,5,8-9,12H2,(H,18,19,20);/q;+1/p-1. The Hall–Kier alpha value is -0.530. The van der Waals surface area contributed by atoms with Gasteiger partial charge in [0, 0.05) is 6.42 Å². The first-order chi connectivity index (χ1) is 9.91. The third-order valence-corrected chi connectivity index (χ3v) is 3.85. The van der Waals surface area contributed by atoms with Crippen LogP contribution in [0.3, 0.4) is 0 Å². The van der Waals surface area contributed by atoms with Crippen LogP contribution in [0.2, 0.25) is 0 Å². The maximum absolute atomic E-state index is 11.1. The van der Waals surface area contributed by atoms with E-state index in [-0.39, 0.29) is 36.0 Å². The van der Waals surface area contributed by atoms with Crippen LogP contribution in [0.15, 0.2) is 30.3 Å². The van der Waals surface area contributed by atoms with E-state index in [1.807, 2.05) is 18.2 Å². The molecule has 0 radical (unpaired) electrons. The van der Waals surface area contributed by atoms with Crippen LogP contribution in [0.5, 0.6) is 0 Å². The molecule has 0 aliphatic carbocycles. The molecule has 0 bridgehead atoms. The second-order valence-electron chi connectivity index (χ2n) is 4.92. The van der Waals surface area contributed by atoms with Gasteiger partial charge in [-0.25, -0.2) is 8.42 Å². The number of benzene rings is 1. The molecule has 0 fully saturated rings. The molecule has 0 aliphatic rings. The van der Waals surface area contributed by atoms with Gasteiger partial charge >= 0.3 is 29.6 Å². The minimum Gasteiger partial charge on any atom is -0.741 e. The molecule has 0 aliphatic heterocycles. The zero-order valence-corrected chi connectivity index (χ0v) is 15.6. The summed E-state index contributed by atoms with van der Waals surface area (Å²) in [5.41, 5.74) is 1.29. The van der Waals surface area contributed by atoms with E-state index in [1.54, 1.807) is 0 Å². The molecular weight excluding hydrogens is 315 g/mol. The molecule has 0 saturated carbocycles. The van der Waals surface area contributed by atoms with Crippen molar-refractivity contribution in [2.45, 2.75) is 44.9 Å². The summed E-state index contributed by atoms with van der Waals surface area (Å²) in [6.07, 6.45) is 4.99. The van der Waals surface area contributed by atoms with Crippen LogP contribution in [0.1, 0.15) is 44.1 Å². The van der Waals surface area contributed by atoms with Gasteiger partial charge in [-0.05, 0) is 24.8 Å². The minimum atomic E-state index is -5.12. The van der Waals surface area contributed by atoms with E-state index in [9.17, 15) is 22.6 Å². The normalized spacial score (nSPS) is 10.8. The van der Waals surface area contributed by atoms with E-state index in [2.05, 4.69) is 12.1 Å². The van der Waals surface area contributed by atoms with Crippen molar-refractivity contribution < 1.29 is 52.1 Å². The van der Waals surface area contributed by atoms with Crippen molar-refractivity contribution >= 4 is 21.0 Å². The van der Waals surface area contributed by atoms with Crippen LogP contribution in [0.4, 0.5) is 0 Å². The van der Waals surface area contributed by atoms with Crippen LogP contribution in [-0.2, 0) is 26.1 Å². The maximum Gasteiger partial charge on any atom is 1.00 e. The Balaban J connectivity index is 0.00000441. The molecule has 0 aromatic heterocycles. The number of ketones is 1. The first-order valence-corrected chi connectivity index (χ1v) is 8.39. The number of hydrogen-bond acceptors (Lipinski definition) is 5. The first kappa shape index (κ1) is 21.5. The number of carbonyl (C=O) groups excluding carboxylic acids is 2. The van der Waals surface area contributed by atoms with Crippen molar-refractivity contribution in [2.75, 3.05) is 0 Å². The summed E-state index contributed by atoms with van der Waals surface area (Å²) >= 11 is 0. The Labute approximate surface area is 153 Å². The SMILES string of the molecule is O=C(CCCCCCCc1ccccc1)C(=O)S(=O)(=O)[O-].[Na+]. The molecule has 1 rings (SSSR count). The third-order valence-electron chi connectivity index (χ3n) is 3.17. The smallest absolute Gasteiger partial charge is 0.741 e. The van der Waals surface area contributed by atoms with E-state index >= 15 is 0 Å². The predicted molar refractivity (Wildman–Crippen MR) is 77.6 cm³/mol. The Bertz CT molecular complexity index is 569. The zero-order valence-electron chi connectivity index (χ0n) is 12.8. The summed E-state index contributed by atoms with van der Waals surface area (Å²) in [4.78, 5) is 22.0. The molecule has 0 unspecified atom stereocenters. The van der Waals surface area contributed by atoms with Gasteiger partial charge < -0.3 is 4.55 Å². The second kappa shape index (κ2) is 11.1. The molecule has 1 aromatic rings. The fourth-order valence-electron chi connectivity index (χ4n) is 2.03. The van der Waals surface area contributed by atoms with E-state index in [1.165, 1.54) is 5.56 Å². The van der Waals surface area contributed by atoms with Crippen LogP contribution in [0.25, 0.3) is 0 Å². The summed E-state index contributed by atoms with van der Waals surface area (Å²) in [6, 6.07) is 10.1. The molecule has 5 nitrogen and oxygen atoms in total. The quantitative estimate of drug-likeness (QED) is 0.256. The first-order valence-electron chi connectivity index (χ1n) is 6.98. The second-order valence-corrected chi connectivity index (χ2v) is 6.20. The summed E-state index contributed by atoms with van der Waals surface area (Å²) in [5, 5.41) is -1.81. The topological polar surface area (TPSA) is 91.3 Å². The molecule has 0 amide bonds. The van der Waals surface area contributed by atoms with Gasteiger partial charge in [0.25, 0.3) is 5.12 Å². The monoisotopic (exact) mass is 334 g/mol. The number of hydrogen-bond donors (Lipinski definition) is 0. The number of aryl methyl sites for hydroxylation is 1. The Kier molecular flexibility index (Phi) is 10.8. The van der Waals surface area contributed by atoms with Crippen molar-refractivity contribution in [3.05, 3.63) is 35.9 Å². The van der Waals surface area contributed by atoms with Crippen molar-refractivity contribution in [1.82, 2.24) is 0 Å². The minimum absolute atomic E-state index is 0. The van der Waals surface area contributed by atoms with E-state index in [4.69, 9.17) is 0 Å². The van der Waals surface area contributed by atoms with Crippen LogP contribution >= 0.6 is 0 Å². The predicted octanol–water partition coefficient (Wildman–Crippen LogP) is -0.785. The number of unbranched alkanes of at least 4 members (excludes halogenated alkanes) is 4. The van der Waals surface area contributed by atoms with Crippen LogP contribution in [-0.4, -0.2) is 23.9 Å². The van der Waals surface area contributed by atoms with Crippen LogP contribution < -0.4 is 29.6 Å². The molecule has 7 heteroatoms. The average molecular weight is 334 g/mol. The number of carbonyl (C=O) groups is 2. The largest absolute Gasteiger partial charge is 1.00 e. The average Bonchev–Trinajstić information content (AvgIpc) is 2.45. The van der Waals surface area contributed by atoms with E-state index in [0.717, 1.165) is 32.1 Å². The Morgan fingerprint density at radius 2 is 1.45 bits per heavy atom. The zero-order chi connectivity index (χ0) is 15.7. The van der Waals surface area contributed by atoms with Gasteiger partial charge in [0.2, 0.25) is 5.78 Å². The van der Waals surface area contributed by atoms with Gasteiger partial charge in [-0.15, -0.1) is 0 Å². The third kappa shape index (κ3) is 8.80. The van der Waals surface area contributed by atoms with E-state index < -0.39 is 21.0 Å². The summed E-state index contributed by atoms with van der Waals surface area (Å²) in [5.74, 6) is -1.10. The molecule has 0 atom stereocenters. The van der Waals surface area contributed by atoms with Crippen molar-refractivity contribution in [3.8, 4) is 0 Å². The molecular formula is C15H19NaO5S. The van der Waals surface area contributed by atoms with Crippen molar-refractivity contribution in [1.29, 1.82) is 0 Å². The Morgan fingerprint density at radius 1 is 0.909 bits per heavy atom. The van der Waals surface area contributed by atoms with E-state index in [0.29, 0.717) is 6.42 Å². The van der Waals surface area contributed by atoms with Gasteiger partial charge in [-0.3, -0.25) is 9.59 Å². The van der Waals surface area contributed by atoms with Gasteiger partial charge in [0.1, 0.15) is 0 Å². The molecule has 0 spiro atoms. The summed E-state index contributed by atoms with van der Waals surface area (Å²) < 4.78 is 31.1. The fourth-order valence-corrected chi connectivity index (χ4v) is 2.41. The summed E-state index contributed by atoms with van der Waals surface area (Å²) in [7, 11) is -5.12. The number of rotatable bonds is 9. The molecule has 0 N–H and O–H groups in total. The molecule has 116 valence electrons. The summed E-state index contributed by atoms with van der Waals surface area (Å²) in [6.45, 7) is 0. The van der Waals surface area contributed by atoms with Gasteiger partial charge in [0.05, 0.1) is 0 Å². The maximum atomic E-state index is 11.1. The molecule has 0 heterocycles. The van der Waals surface area contributed by atoms with Gasteiger partial charge in [0.15, 0.2) is 10.1 Å². The number of Topliss-reactive ketones (excluding diaryl/α,β-unsaturated/α-hetero) is 1. The molecule has 22 heavy (non-hydrogen) atoms. The van der Waals surface area contributed by atoms with Crippen molar-refractivity contribution in [2.24, 2.45) is 0 Å². The molecule has 1 aromatic carbocycles. The fraction of sp³-hybridized carbons (Fsp3) is 0.467. The van der Waals surface area contributed by atoms with Gasteiger partial charge in [-0.1, -0.05) is 49.6 Å². The molecule has 0 saturated heterocycles. The Morgan fingerprint density at radius 3 is 2.05 bits per heavy atom.